The van der Waals surface area contributed by atoms with Gasteiger partial charge in [0.1, 0.15) is 23.7 Å². The van der Waals surface area contributed by atoms with Gasteiger partial charge in [0.15, 0.2) is 12.5 Å². The third kappa shape index (κ3) is 9.64. The fraction of sp³-hybridized carbons (Fsp3) is 0.500. The molecular weight excluding hydrogens is 652 g/mol. The maximum atomic E-state index is 13.5. The largest absolute Gasteiger partial charge is 0.489 e. The molecule has 0 radical (unpaired) electrons. The van der Waals surface area contributed by atoms with Gasteiger partial charge in [0.2, 0.25) is 0 Å². The molecule has 6 rings (SSSR count). The zero-order valence-electron chi connectivity index (χ0n) is 31.4. The Morgan fingerprint density at radius 3 is 1.29 bits per heavy atom. The predicted molar refractivity (Wildman–Crippen MR) is 206 cm³/mol. The molecule has 52 heavy (non-hydrogen) atoms. The van der Waals surface area contributed by atoms with Crippen molar-refractivity contribution in [3.63, 3.8) is 0 Å². The highest BCUT2D eigenvalue weighted by Crippen LogP contribution is 2.36. The van der Waals surface area contributed by atoms with Gasteiger partial charge in [-0.3, -0.25) is 9.80 Å². The first-order valence-electron chi connectivity index (χ1n) is 19.3. The molecule has 0 aliphatic heterocycles. The third-order valence-electron chi connectivity index (χ3n) is 11.1. The van der Waals surface area contributed by atoms with E-state index < -0.39 is 24.4 Å². The fourth-order valence-corrected chi connectivity index (χ4v) is 8.08. The number of esters is 2. The Morgan fingerprint density at radius 2 is 0.904 bits per heavy atom. The summed E-state index contributed by atoms with van der Waals surface area (Å²) in [6, 6.07) is 28.7. The van der Waals surface area contributed by atoms with E-state index in [2.05, 4.69) is 36.4 Å². The van der Waals surface area contributed by atoms with E-state index in [1.807, 2.05) is 86.5 Å². The van der Waals surface area contributed by atoms with Crippen molar-refractivity contribution in [2.45, 2.75) is 102 Å². The van der Waals surface area contributed by atoms with E-state index in [0.29, 0.717) is 24.7 Å². The van der Waals surface area contributed by atoms with Crippen LogP contribution in [0.1, 0.15) is 77.0 Å². The van der Waals surface area contributed by atoms with Crippen molar-refractivity contribution in [1.82, 2.24) is 9.80 Å². The van der Waals surface area contributed by atoms with Crippen LogP contribution in [0.4, 0.5) is 0 Å². The van der Waals surface area contributed by atoms with Crippen LogP contribution in [0, 0.1) is 11.8 Å². The molecule has 2 aliphatic carbocycles. The number of hydrogen-bond donors (Lipinski definition) is 0. The highest BCUT2D eigenvalue weighted by atomic mass is 16.6. The molecule has 0 aromatic heterocycles. The van der Waals surface area contributed by atoms with Crippen molar-refractivity contribution < 1.29 is 28.5 Å². The van der Waals surface area contributed by atoms with Crippen LogP contribution < -0.4 is 9.47 Å². The van der Waals surface area contributed by atoms with E-state index in [0.717, 1.165) is 84.4 Å². The Morgan fingerprint density at radius 1 is 0.538 bits per heavy atom. The van der Waals surface area contributed by atoms with Crippen LogP contribution >= 0.6 is 0 Å². The predicted octanol–water partition coefficient (Wildman–Crippen LogP) is 8.99. The second-order valence-electron chi connectivity index (χ2n) is 15.2. The van der Waals surface area contributed by atoms with E-state index in [4.69, 9.17) is 18.9 Å². The molecule has 278 valence electrons. The molecule has 0 spiro atoms. The van der Waals surface area contributed by atoms with E-state index in [1.54, 1.807) is 0 Å². The van der Waals surface area contributed by atoms with Gasteiger partial charge in [-0.15, -0.1) is 0 Å². The number of hydrogen-bond acceptors (Lipinski definition) is 8. The Labute approximate surface area is 309 Å². The van der Waals surface area contributed by atoms with Crippen molar-refractivity contribution in [2.75, 3.05) is 28.2 Å². The molecule has 8 nitrogen and oxygen atoms in total. The number of carbonyl (C=O) groups is 2. The van der Waals surface area contributed by atoms with Crippen molar-refractivity contribution in [3.05, 3.63) is 84.9 Å². The summed E-state index contributed by atoms with van der Waals surface area (Å²) in [6.07, 6.45) is 10.4. The molecule has 0 bridgehead atoms. The normalized spacial score (nSPS) is 18.2. The molecule has 0 heterocycles. The zero-order chi connectivity index (χ0) is 36.5. The zero-order valence-corrected chi connectivity index (χ0v) is 31.4. The van der Waals surface area contributed by atoms with Crippen LogP contribution in [0.25, 0.3) is 21.5 Å². The SMILES string of the molecule is CN(C)C(CC(Oc1cccc2ccccc12)C1CCCCC1)OC(=O)C(=O)OC(CC(Oc1cccc2ccccc12)C1CCCCC1)N(C)C. The lowest BCUT2D eigenvalue weighted by atomic mass is 9.83. The molecule has 2 saturated carbocycles. The maximum Gasteiger partial charge on any atom is 0.419 e. The molecular formula is C44H56N2O6. The second kappa shape index (κ2) is 18.1. The van der Waals surface area contributed by atoms with Gasteiger partial charge >= 0.3 is 11.9 Å². The second-order valence-corrected chi connectivity index (χ2v) is 15.2. The van der Waals surface area contributed by atoms with Crippen molar-refractivity contribution in [1.29, 1.82) is 0 Å². The maximum absolute atomic E-state index is 13.5. The molecule has 8 heteroatoms. The number of rotatable bonds is 14. The molecule has 4 atom stereocenters. The van der Waals surface area contributed by atoms with Gasteiger partial charge in [0.05, 0.1) is 0 Å². The van der Waals surface area contributed by atoms with Gasteiger partial charge in [-0.25, -0.2) is 9.59 Å². The lowest BCUT2D eigenvalue weighted by Gasteiger charge is -2.35. The van der Waals surface area contributed by atoms with Crippen molar-refractivity contribution in [3.8, 4) is 11.5 Å². The van der Waals surface area contributed by atoms with Crippen LogP contribution in [0.5, 0.6) is 11.5 Å². The lowest BCUT2D eigenvalue weighted by molar-refractivity contribution is -0.185. The third-order valence-corrected chi connectivity index (χ3v) is 11.1. The summed E-state index contributed by atoms with van der Waals surface area (Å²) in [6.45, 7) is 0. The summed E-state index contributed by atoms with van der Waals surface area (Å²) < 4.78 is 25.5. The summed E-state index contributed by atoms with van der Waals surface area (Å²) >= 11 is 0. The van der Waals surface area contributed by atoms with E-state index in [9.17, 15) is 9.59 Å². The van der Waals surface area contributed by atoms with Crippen LogP contribution in [0.3, 0.4) is 0 Å². The molecule has 2 aliphatic rings. The molecule has 0 amide bonds. The highest BCUT2D eigenvalue weighted by Gasteiger charge is 2.35. The first-order valence-corrected chi connectivity index (χ1v) is 19.3. The summed E-state index contributed by atoms with van der Waals surface area (Å²) in [5, 5.41) is 4.34. The Hall–Kier alpha value is -4.14. The van der Waals surface area contributed by atoms with E-state index in [-0.39, 0.29) is 12.2 Å². The van der Waals surface area contributed by atoms with Crippen LogP contribution in [-0.2, 0) is 19.1 Å². The van der Waals surface area contributed by atoms with E-state index in [1.165, 1.54) is 12.8 Å². The average Bonchev–Trinajstić information content (AvgIpc) is 3.17. The first kappa shape index (κ1) is 37.6. The summed E-state index contributed by atoms with van der Waals surface area (Å²) in [5.74, 6) is 0.285. The van der Waals surface area contributed by atoms with E-state index >= 15 is 0 Å². The highest BCUT2D eigenvalue weighted by molar-refractivity contribution is 6.29. The van der Waals surface area contributed by atoms with Gasteiger partial charge in [-0.05, 0) is 88.6 Å². The summed E-state index contributed by atoms with van der Waals surface area (Å²) in [7, 11) is 7.45. The molecule has 0 saturated heterocycles. The Bertz CT molecular complexity index is 1620. The molecule has 2 fully saturated rings. The monoisotopic (exact) mass is 708 g/mol. The van der Waals surface area contributed by atoms with Crippen molar-refractivity contribution in [2.24, 2.45) is 11.8 Å². The minimum atomic E-state index is -0.998. The van der Waals surface area contributed by atoms with Gasteiger partial charge in [0, 0.05) is 23.6 Å². The smallest absolute Gasteiger partial charge is 0.419 e. The minimum absolute atomic E-state index is 0.195. The molecule has 4 unspecified atom stereocenters. The standard InChI is InChI=1S/C44H56N2O6/c1-45(2)41(29-39(33-19-7-5-8-20-33)49-37-27-15-23-31-17-11-13-25-35(31)37)51-43(47)44(48)52-42(46(3)4)30-40(34-21-9-6-10-22-34)50-38-28-16-24-32-18-12-14-26-36(32)38/h11-18,23-28,33-34,39-42H,5-10,19-22,29-30H2,1-4H3. The number of carbonyl (C=O) groups excluding carboxylic acids is 2. The van der Waals surface area contributed by atoms with Crippen LogP contribution in [0.15, 0.2) is 84.9 Å². The number of ether oxygens (including phenoxy) is 4. The molecule has 0 N–H and O–H groups in total. The summed E-state index contributed by atoms with van der Waals surface area (Å²) in [5.41, 5.74) is 0. The minimum Gasteiger partial charge on any atom is -0.489 e. The summed E-state index contributed by atoms with van der Waals surface area (Å²) in [4.78, 5) is 30.7. The number of nitrogens with zero attached hydrogens (tertiary/aromatic N) is 2. The molecule has 4 aromatic rings. The molecule has 4 aromatic carbocycles. The topological polar surface area (TPSA) is 77.5 Å². The van der Waals surface area contributed by atoms with Crippen molar-refractivity contribution >= 4 is 33.5 Å². The first-order chi connectivity index (χ1) is 25.3. The quantitative estimate of drug-likeness (QED) is 0.0730. The number of benzene rings is 4. The number of fused-ring (bicyclic) bond motifs is 2. The van der Waals surface area contributed by atoms with Gasteiger partial charge in [-0.1, -0.05) is 111 Å². The van der Waals surface area contributed by atoms with Gasteiger partial charge < -0.3 is 18.9 Å². The fourth-order valence-electron chi connectivity index (χ4n) is 8.08. The van der Waals surface area contributed by atoms with Gasteiger partial charge in [-0.2, -0.15) is 0 Å². The van der Waals surface area contributed by atoms with Crippen LogP contribution in [0.2, 0.25) is 0 Å². The van der Waals surface area contributed by atoms with Crippen LogP contribution in [-0.4, -0.2) is 74.6 Å². The Kier molecular flexibility index (Phi) is 13.1. The lowest BCUT2D eigenvalue weighted by Crippen LogP contribution is -2.44. The van der Waals surface area contributed by atoms with Gasteiger partial charge in [0.25, 0.3) is 0 Å². The average molecular weight is 709 g/mol. The Balaban J connectivity index is 1.15.